The van der Waals surface area contributed by atoms with Crippen LogP contribution in [0.2, 0.25) is 0 Å². The summed E-state index contributed by atoms with van der Waals surface area (Å²) in [6, 6.07) is 0. The largest absolute Gasteiger partial charge is 0.491 e. The average Bonchev–Trinajstić information content (AvgIpc) is 1.33. The molecule has 0 radical (unpaired) electrons. The van der Waals surface area contributed by atoms with Crippen molar-refractivity contribution < 1.29 is 24.1 Å². The summed E-state index contributed by atoms with van der Waals surface area (Å²) in [6.07, 6.45) is 0. The van der Waals surface area contributed by atoms with Gasteiger partial charge < -0.3 is 14.7 Å². The summed E-state index contributed by atoms with van der Waals surface area (Å²) in [5.74, 6) is 0. The van der Waals surface area contributed by atoms with Gasteiger partial charge in [-0.1, -0.05) is 0 Å². The van der Waals surface area contributed by atoms with E-state index < -0.39 is 17.3 Å². The van der Waals surface area contributed by atoms with E-state index in [1.807, 2.05) is 0 Å². The molecule has 5 nitrogen and oxygen atoms in total. The molecule has 1 atom stereocenters. The number of hydrogen-bond acceptors (Lipinski definition) is 4. The Bertz CT molecular complexity index is 30.3. The quantitative estimate of drug-likeness (QED) is 0.333. The normalized spacial score (nSPS) is 8.14. The van der Waals surface area contributed by atoms with Gasteiger partial charge in [0.2, 0.25) is 0 Å². The van der Waals surface area contributed by atoms with Gasteiger partial charge in [-0.25, -0.2) is 0 Å². The molecule has 0 aromatic rings. The van der Waals surface area contributed by atoms with Gasteiger partial charge in [-0.05, 0) is 4.57 Å². The highest BCUT2D eigenvalue weighted by Crippen LogP contribution is 2.11. The lowest BCUT2D eigenvalue weighted by Crippen LogP contribution is -1.54. The van der Waals surface area contributed by atoms with Crippen LogP contribution in [-0.4, -0.2) is 19.6 Å². The monoisotopic (exact) mass is 147 g/mol. The van der Waals surface area contributed by atoms with E-state index in [0.29, 0.717) is 0 Å². The predicted octanol–water partition coefficient (Wildman–Crippen LogP) is -0.892. The molecule has 0 aliphatic carbocycles. The zero-order valence-corrected chi connectivity index (χ0v) is 5.04. The second kappa shape index (κ2) is 9.62. The smallest absolute Gasteiger partial charge is 0.328 e. The van der Waals surface area contributed by atoms with E-state index in [-0.39, 0.29) is 0 Å². The van der Waals surface area contributed by atoms with Crippen LogP contribution in [0.3, 0.4) is 0 Å². The first kappa shape index (κ1) is 10.4. The summed E-state index contributed by atoms with van der Waals surface area (Å²) < 4.78 is 8.51. The second-order valence-corrected chi connectivity index (χ2v) is 1.08. The standard InChI is InChI=1S/H3O3P.HO2P/c1-4(2)3;1-3-2/h1-3H;3H/p+1. The van der Waals surface area contributed by atoms with Crippen LogP contribution in [0.4, 0.5) is 0 Å². The van der Waals surface area contributed by atoms with Crippen LogP contribution >= 0.6 is 17.3 Å². The lowest BCUT2D eigenvalue weighted by atomic mass is 15.8. The van der Waals surface area contributed by atoms with Gasteiger partial charge in [0.1, 0.15) is 0 Å². The van der Waals surface area contributed by atoms with Crippen LogP contribution in [0, 0.1) is 0 Å². The van der Waals surface area contributed by atoms with E-state index in [9.17, 15) is 0 Å². The molecule has 7 heteroatoms. The maximum Gasteiger partial charge on any atom is 0.491 e. The van der Waals surface area contributed by atoms with E-state index >= 15 is 0 Å². The highest BCUT2D eigenvalue weighted by Gasteiger charge is 1.76. The third-order valence-corrected chi connectivity index (χ3v) is 0. The Balaban J connectivity index is 0. The molecule has 0 fully saturated rings. The van der Waals surface area contributed by atoms with Crippen LogP contribution in [0.1, 0.15) is 0 Å². The number of rotatable bonds is 0. The highest BCUT2D eigenvalue weighted by atomic mass is 31.2. The zero-order valence-electron chi connectivity index (χ0n) is 3.14. The Morgan fingerprint density at radius 1 is 1.29 bits per heavy atom. The molecule has 0 bridgehead atoms. The maximum atomic E-state index is 8.51. The first-order chi connectivity index (χ1) is 3.15. The number of hydrogen-bond donors (Lipinski definition) is 4. The fourth-order valence-corrected chi connectivity index (χ4v) is 0. The van der Waals surface area contributed by atoms with Crippen molar-refractivity contribution in [2.45, 2.75) is 0 Å². The van der Waals surface area contributed by atoms with Gasteiger partial charge in [0.05, 0.1) is 0 Å². The van der Waals surface area contributed by atoms with Gasteiger partial charge in [-0.3, -0.25) is 0 Å². The average molecular weight is 147 g/mol. The first-order valence-corrected chi connectivity index (χ1v) is 3.08. The van der Waals surface area contributed by atoms with Crippen molar-refractivity contribution in [2.75, 3.05) is 0 Å². The minimum atomic E-state index is -2.62. The zero-order chi connectivity index (χ0) is 6.28. The summed E-state index contributed by atoms with van der Waals surface area (Å²) in [5, 5.41) is 0. The molecule has 0 aromatic carbocycles. The molecule has 0 aliphatic rings. The van der Waals surface area contributed by atoms with Crippen LogP contribution in [0.15, 0.2) is 0 Å². The molecule has 0 spiro atoms. The summed E-state index contributed by atoms with van der Waals surface area (Å²) >= 11 is 0. The molecular formula is H5O5P2+. The summed E-state index contributed by atoms with van der Waals surface area (Å²) in [5.41, 5.74) is 0. The van der Waals surface area contributed by atoms with E-state index in [1.54, 1.807) is 0 Å². The second-order valence-electron chi connectivity index (χ2n) is 0.360. The van der Waals surface area contributed by atoms with Gasteiger partial charge in [-0.15, -0.1) is 0 Å². The molecule has 7 heavy (non-hydrogen) atoms. The third kappa shape index (κ3) is 889. The highest BCUT2D eigenvalue weighted by molar-refractivity contribution is 7.38. The Labute approximate surface area is 42.5 Å². The van der Waals surface area contributed by atoms with Gasteiger partial charge in [0, 0.05) is 0 Å². The fraction of sp³-hybridized carbons (Fsp3) is 0. The molecule has 0 amide bonds. The molecule has 0 aliphatic heterocycles. The summed E-state index contributed by atoms with van der Waals surface area (Å²) in [6.45, 7) is 0. The molecule has 0 heterocycles. The van der Waals surface area contributed by atoms with Gasteiger partial charge in [-0.2, -0.15) is 4.89 Å². The van der Waals surface area contributed by atoms with Crippen LogP contribution in [-0.2, 0) is 4.57 Å². The van der Waals surface area contributed by atoms with Crippen molar-refractivity contribution in [3.05, 3.63) is 0 Å². The van der Waals surface area contributed by atoms with Gasteiger partial charge >= 0.3 is 17.3 Å². The van der Waals surface area contributed by atoms with Crippen molar-refractivity contribution in [3.8, 4) is 0 Å². The molecule has 44 valence electrons. The Hall–Kier alpha value is 0.370. The van der Waals surface area contributed by atoms with E-state index in [2.05, 4.69) is 0 Å². The maximum absolute atomic E-state index is 8.51. The SMILES string of the molecule is O=[PH+]O.OP(O)O. The molecule has 4 N–H and O–H groups in total. The minimum absolute atomic E-state index is 1.17. The van der Waals surface area contributed by atoms with Crippen molar-refractivity contribution in [1.82, 2.24) is 0 Å². The topological polar surface area (TPSA) is 98.0 Å². The fourth-order valence-electron chi connectivity index (χ4n) is 0. The van der Waals surface area contributed by atoms with E-state index in [4.69, 9.17) is 24.1 Å². The summed E-state index contributed by atoms with van der Waals surface area (Å²) in [4.78, 5) is 28.7. The van der Waals surface area contributed by atoms with Gasteiger partial charge in [0.15, 0.2) is 0 Å². The Kier molecular flexibility index (Phi) is 14.3. The summed E-state index contributed by atoms with van der Waals surface area (Å²) in [7, 11) is -3.79. The molecule has 0 rings (SSSR count). The van der Waals surface area contributed by atoms with E-state index in [1.165, 1.54) is 0 Å². The van der Waals surface area contributed by atoms with Crippen molar-refractivity contribution in [2.24, 2.45) is 0 Å². The Morgan fingerprint density at radius 3 is 1.29 bits per heavy atom. The van der Waals surface area contributed by atoms with Crippen LogP contribution in [0.25, 0.3) is 0 Å². The van der Waals surface area contributed by atoms with E-state index in [0.717, 1.165) is 0 Å². The molecular weight excluding hydrogens is 142 g/mol. The van der Waals surface area contributed by atoms with Crippen molar-refractivity contribution in [1.29, 1.82) is 0 Å². The molecule has 0 saturated carbocycles. The van der Waals surface area contributed by atoms with Crippen LogP contribution < -0.4 is 0 Å². The lowest BCUT2D eigenvalue weighted by Gasteiger charge is -1.76. The first-order valence-electron chi connectivity index (χ1n) is 1.03. The predicted molar refractivity (Wildman–Crippen MR) is 24.8 cm³/mol. The third-order valence-electron chi connectivity index (χ3n) is 0. The Morgan fingerprint density at radius 2 is 1.29 bits per heavy atom. The molecule has 1 unspecified atom stereocenters. The molecule has 0 aromatic heterocycles. The molecule has 0 saturated heterocycles. The van der Waals surface area contributed by atoms with Gasteiger partial charge in [0.25, 0.3) is 0 Å². The van der Waals surface area contributed by atoms with Crippen LogP contribution in [0.5, 0.6) is 0 Å². The van der Waals surface area contributed by atoms with Crippen molar-refractivity contribution in [3.63, 3.8) is 0 Å². The lowest BCUT2D eigenvalue weighted by molar-refractivity contribution is 0.368. The minimum Gasteiger partial charge on any atom is -0.328 e. The van der Waals surface area contributed by atoms with Crippen molar-refractivity contribution >= 4 is 17.3 Å².